The Hall–Kier alpha value is -1.02. The van der Waals surface area contributed by atoms with Gasteiger partial charge in [0.25, 0.3) is 0 Å². The number of aryl methyl sites for hydroxylation is 1. The zero-order valence-corrected chi connectivity index (χ0v) is 12.8. The van der Waals surface area contributed by atoms with Gasteiger partial charge < -0.3 is 4.55 Å². The van der Waals surface area contributed by atoms with Crippen molar-refractivity contribution in [3.63, 3.8) is 0 Å². The third-order valence-corrected chi connectivity index (χ3v) is 3.97. The number of nitrogens with zero attached hydrogens (tertiary/aromatic N) is 2. The second-order valence-corrected chi connectivity index (χ2v) is 6.78. The number of carbonyl (C=O) groups is 1. The van der Waals surface area contributed by atoms with Gasteiger partial charge in [-0.2, -0.15) is 8.93 Å². The molecule has 0 saturated heterocycles. The summed E-state index contributed by atoms with van der Waals surface area (Å²) in [6, 6.07) is 7.66. The first-order valence-electron chi connectivity index (χ1n) is 5.20. The normalized spacial score (nSPS) is 13.6. The second kappa shape index (κ2) is 5.96. The number of rotatable bonds is 2. The Balaban J connectivity index is 0.00000180. The van der Waals surface area contributed by atoms with Crippen LogP contribution in [0.5, 0.6) is 0 Å². The van der Waals surface area contributed by atoms with Crippen molar-refractivity contribution in [3.05, 3.63) is 29.3 Å². The minimum Gasteiger partial charge on any atom is -0.764 e. The molecule has 0 aliphatic rings. The van der Waals surface area contributed by atoms with Gasteiger partial charge in [0.15, 0.2) is 0 Å². The van der Waals surface area contributed by atoms with Gasteiger partial charge in [0.2, 0.25) is 17.1 Å². The lowest BCUT2D eigenvalue weighted by Crippen LogP contribution is -2.38. The molecule has 1 heterocycles. The molecule has 1 amide bonds. The van der Waals surface area contributed by atoms with Crippen LogP contribution in [0, 0.1) is 6.92 Å². The fourth-order valence-electron chi connectivity index (χ4n) is 1.70. The van der Waals surface area contributed by atoms with Crippen LogP contribution < -0.4 is 4.57 Å². The summed E-state index contributed by atoms with van der Waals surface area (Å²) in [7, 11) is -3.63. The van der Waals surface area contributed by atoms with Gasteiger partial charge in [0.1, 0.15) is 4.70 Å². The average Bonchev–Trinajstić information content (AvgIpc) is 2.53. The molecule has 19 heavy (non-hydrogen) atoms. The van der Waals surface area contributed by atoms with E-state index in [4.69, 9.17) is 0 Å². The molecular weight excluding hydrogens is 308 g/mol. The molecule has 0 aliphatic carbocycles. The quantitative estimate of drug-likeness (QED) is 0.790. The maximum atomic E-state index is 11.6. The summed E-state index contributed by atoms with van der Waals surface area (Å²) in [5.41, 5.74) is 0.914. The number of amides is 1. The Morgan fingerprint density at radius 2 is 2.11 bits per heavy atom. The minimum atomic E-state index is -3.63. The highest BCUT2D eigenvalue weighted by Gasteiger charge is 2.19. The van der Waals surface area contributed by atoms with E-state index in [-0.39, 0.29) is 19.0 Å². The molecule has 1 aromatic carbocycles. The SMILES string of the molecule is Cc1sc2ccccc2[n+]1CC(=O)N=S(C)(=O)[O-].Cl. The molecule has 5 nitrogen and oxygen atoms in total. The highest BCUT2D eigenvalue weighted by Crippen LogP contribution is 2.19. The molecule has 1 atom stereocenters. The Morgan fingerprint density at radius 1 is 1.47 bits per heavy atom. The van der Waals surface area contributed by atoms with Crippen molar-refractivity contribution in [2.45, 2.75) is 13.5 Å². The molecule has 0 N–H and O–H groups in total. The number of thiazole rings is 1. The number of fused-ring (bicyclic) bond motifs is 1. The van der Waals surface area contributed by atoms with Crippen molar-refractivity contribution in [3.8, 4) is 0 Å². The van der Waals surface area contributed by atoms with Crippen LogP contribution in [-0.4, -0.2) is 20.9 Å². The number of hydrogen-bond donors (Lipinski definition) is 0. The van der Waals surface area contributed by atoms with E-state index in [1.54, 1.807) is 15.9 Å². The number of para-hydroxylation sites is 1. The molecule has 0 fully saturated rings. The first kappa shape index (κ1) is 16.0. The Labute approximate surface area is 121 Å². The number of halogens is 1. The summed E-state index contributed by atoms with van der Waals surface area (Å²) in [5.74, 6) is -0.658. The summed E-state index contributed by atoms with van der Waals surface area (Å²) in [6.45, 7) is 1.83. The van der Waals surface area contributed by atoms with Crippen molar-refractivity contribution in [1.82, 2.24) is 0 Å². The Kier molecular flexibility index (Phi) is 5.03. The van der Waals surface area contributed by atoms with Gasteiger partial charge in [-0.25, -0.2) is 0 Å². The van der Waals surface area contributed by atoms with Gasteiger partial charge in [-0.3, -0.25) is 9.00 Å². The highest BCUT2D eigenvalue weighted by molar-refractivity contribution is 7.87. The second-order valence-electron chi connectivity index (χ2n) is 3.89. The van der Waals surface area contributed by atoms with Gasteiger partial charge in [0.05, 0.1) is 0 Å². The third-order valence-electron chi connectivity index (χ3n) is 2.35. The summed E-state index contributed by atoms with van der Waals surface area (Å²) in [4.78, 5) is 11.6. The van der Waals surface area contributed by atoms with E-state index in [9.17, 15) is 13.6 Å². The fourth-order valence-corrected chi connectivity index (χ4v) is 3.14. The van der Waals surface area contributed by atoms with Gasteiger partial charge >= 0.3 is 5.91 Å². The molecule has 104 valence electrons. The molecule has 1 unspecified atom stereocenters. The van der Waals surface area contributed by atoms with E-state index in [1.165, 1.54) is 0 Å². The molecule has 0 radical (unpaired) electrons. The number of hydrogen-bond acceptors (Lipinski definition) is 4. The van der Waals surface area contributed by atoms with Crippen LogP contribution in [0.15, 0.2) is 28.6 Å². The predicted octanol–water partition coefficient (Wildman–Crippen LogP) is 1.67. The minimum absolute atomic E-state index is 0. The molecule has 0 bridgehead atoms. The number of aromatic nitrogens is 1. The van der Waals surface area contributed by atoms with Gasteiger partial charge in [0, 0.05) is 19.2 Å². The lowest BCUT2D eigenvalue weighted by molar-refractivity contribution is -0.659. The van der Waals surface area contributed by atoms with Crippen molar-refractivity contribution in [2.75, 3.05) is 6.26 Å². The van der Waals surface area contributed by atoms with E-state index >= 15 is 0 Å². The van der Waals surface area contributed by atoms with Gasteiger partial charge in [-0.1, -0.05) is 23.5 Å². The molecular formula is C11H13ClN2O3S2. The molecule has 0 aliphatic heterocycles. The summed E-state index contributed by atoms with van der Waals surface area (Å²) in [6.07, 6.45) is 0.911. The van der Waals surface area contributed by atoms with Crippen molar-refractivity contribution >= 4 is 49.9 Å². The van der Waals surface area contributed by atoms with Crippen LogP contribution in [0.3, 0.4) is 0 Å². The molecule has 2 aromatic rings. The van der Waals surface area contributed by atoms with Crippen LogP contribution >= 0.6 is 23.7 Å². The molecule has 2 rings (SSSR count). The Bertz CT molecular complexity index is 725. The maximum absolute atomic E-state index is 11.6. The van der Waals surface area contributed by atoms with Crippen LogP contribution in [0.4, 0.5) is 0 Å². The van der Waals surface area contributed by atoms with E-state index < -0.39 is 15.9 Å². The van der Waals surface area contributed by atoms with Crippen LogP contribution in [0.25, 0.3) is 10.2 Å². The zero-order chi connectivity index (χ0) is 13.3. The molecule has 8 heteroatoms. The number of carbonyl (C=O) groups excluding carboxylic acids is 1. The maximum Gasteiger partial charge on any atom is 0.318 e. The molecule has 1 aromatic heterocycles. The van der Waals surface area contributed by atoms with Crippen LogP contribution in [0.2, 0.25) is 0 Å². The van der Waals surface area contributed by atoms with Crippen molar-refractivity contribution in [1.29, 1.82) is 0 Å². The molecule has 0 saturated carbocycles. The van der Waals surface area contributed by atoms with Crippen LogP contribution in [0.1, 0.15) is 5.01 Å². The largest absolute Gasteiger partial charge is 0.764 e. The predicted molar refractivity (Wildman–Crippen MR) is 76.3 cm³/mol. The van der Waals surface area contributed by atoms with E-state index in [0.29, 0.717) is 0 Å². The van der Waals surface area contributed by atoms with Gasteiger partial charge in [-0.05, 0) is 16.1 Å². The highest BCUT2D eigenvalue weighted by atomic mass is 35.5. The van der Waals surface area contributed by atoms with E-state index in [0.717, 1.165) is 21.5 Å². The summed E-state index contributed by atoms with van der Waals surface area (Å²) >= 11 is 1.56. The number of benzene rings is 1. The zero-order valence-electron chi connectivity index (χ0n) is 10.4. The van der Waals surface area contributed by atoms with Crippen molar-refractivity contribution < 1.29 is 18.1 Å². The van der Waals surface area contributed by atoms with Gasteiger partial charge in [-0.15, -0.1) is 12.4 Å². The third kappa shape index (κ3) is 3.97. The smallest absolute Gasteiger partial charge is 0.318 e. The van der Waals surface area contributed by atoms with E-state index in [2.05, 4.69) is 4.36 Å². The average molecular weight is 321 g/mol. The first-order valence-corrected chi connectivity index (χ1v) is 7.87. The van der Waals surface area contributed by atoms with Crippen LogP contribution in [-0.2, 0) is 21.3 Å². The first-order chi connectivity index (χ1) is 8.37. The standard InChI is InChI=1S/C11H12N2O3S2.ClH/c1-8-13(7-11(14)12-18(2,15)16)9-5-3-4-6-10(9)17-8;/h3-6H,7H2,1-2H3;1H. The summed E-state index contributed by atoms with van der Waals surface area (Å²) < 4.78 is 27.8. The fraction of sp³-hybridized carbons (Fsp3) is 0.273. The lowest BCUT2D eigenvalue weighted by atomic mass is 10.3. The van der Waals surface area contributed by atoms with E-state index in [1.807, 2.05) is 31.2 Å². The molecule has 0 spiro atoms. The summed E-state index contributed by atoms with van der Waals surface area (Å²) in [5, 5.41) is 0.938. The Morgan fingerprint density at radius 3 is 2.74 bits per heavy atom. The monoisotopic (exact) mass is 320 g/mol. The topological polar surface area (TPSA) is 73.4 Å². The lowest BCUT2D eigenvalue weighted by Gasteiger charge is -2.03. The van der Waals surface area contributed by atoms with Crippen molar-refractivity contribution in [2.24, 2.45) is 4.36 Å².